The van der Waals surface area contributed by atoms with E-state index in [2.05, 4.69) is 9.88 Å². The molecule has 1 aromatic heterocycles. The lowest BCUT2D eigenvalue weighted by Gasteiger charge is -2.05. The van der Waals surface area contributed by atoms with Crippen LogP contribution in [0.2, 0.25) is 0 Å². The fourth-order valence-electron chi connectivity index (χ4n) is 2.05. The highest BCUT2D eigenvalue weighted by Gasteiger charge is 2.03. The van der Waals surface area contributed by atoms with E-state index in [1.807, 2.05) is 30.6 Å². The van der Waals surface area contributed by atoms with Crippen LogP contribution in [-0.4, -0.2) is 5.91 Å². The maximum atomic E-state index is 12.7. The van der Waals surface area contributed by atoms with Gasteiger partial charge in [0, 0.05) is 31.5 Å². The first kappa shape index (κ1) is 15.2. The molecule has 1 aromatic carbocycles. The molecule has 0 unspecified atom stereocenters. The Hall–Kier alpha value is -2.23. The molecule has 0 fully saturated rings. The molecular weight excluding hydrogens is 267 g/mol. The largest absolute Gasteiger partial charge is 0.352 e. The van der Waals surface area contributed by atoms with Crippen molar-refractivity contribution in [3.8, 4) is 0 Å². The number of amides is 1. The highest BCUT2D eigenvalue weighted by molar-refractivity contribution is 5.75. The minimum absolute atomic E-state index is 0.0392. The molecule has 1 amide bonds. The summed E-state index contributed by atoms with van der Waals surface area (Å²) >= 11 is 0. The molecule has 1 N–H and O–H groups in total. The number of unbranched alkanes of at least 4 members (excludes halogenated alkanes) is 1. The summed E-state index contributed by atoms with van der Waals surface area (Å²) in [6.07, 6.45) is 6.40. The zero-order valence-corrected chi connectivity index (χ0v) is 12.0. The third-order valence-corrected chi connectivity index (χ3v) is 3.25. The van der Waals surface area contributed by atoms with E-state index in [1.54, 1.807) is 12.1 Å². The molecule has 0 radical (unpaired) electrons. The van der Waals surface area contributed by atoms with Gasteiger partial charge in [-0.15, -0.1) is 0 Å². The Kier molecular flexibility index (Phi) is 5.88. The SMILES string of the molecule is O=C(CCCC[n+]1ccccc1)NCc1ccc(F)cc1. The lowest BCUT2D eigenvalue weighted by Crippen LogP contribution is -2.32. The van der Waals surface area contributed by atoms with E-state index < -0.39 is 0 Å². The number of benzene rings is 1. The van der Waals surface area contributed by atoms with Crippen molar-refractivity contribution in [3.05, 3.63) is 66.2 Å². The number of carbonyl (C=O) groups excluding carboxylic acids is 1. The topological polar surface area (TPSA) is 33.0 Å². The minimum atomic E-state index is -0.261. The smallest absolute Gasteiger partial charge is 0.220 e. The monoisotopic (exact) mass is 287 g/mol. The molecule has 0 saturated carbocycles. The Morgan fingerprint density at radius 2 is 1.76 bits per heavy atom. The van der Waals surface area contributed by atoms with Gasteiger partial charge in [-0.1, -0.05) is 18.2 Å². The quantitative estimate of drug-likeness (QED) is 0.616. The van der Waals surface area contributed by atoms with Gasteiger partial charge in [-0.05, 0) is 24.1 Å². The summed E-state index contributed by atoms with van der Waals surface area (Å²) < 4.78 is 14.8. The van der Waals surface area contributed by atoms with Crippen molar-refractivity contribution in [2.75, 3.05) is 0 Å². The number of nitrogens with one attached hydrogen (secondary N) is 1. The van der Waals surface area contributed by atoms with Crippen molar-refractivity contribution >= 4 is 5.91 Å². The number of hydrogen-bond donors (Lipinski definition) is 1. The standard InChI is InChI=1S/C17H19FN2O/c18-16-9-7-15(8-10-16)14-19-17(21)6-2-5-13-20-11-3-1-4-12-20/h1,3-4,7-12H,2,5-6,13-14H2/p+1. The lowest BCUT2D eigenvalue weighted by molar-refractivity contribution is -0.697. The van der Waals surface area contributed by atoms with E-state index in [-0.39, 0.29) is 11.7 Å². The maximum Gasteiger partial charge on any atom is 0.220 e. The highest BCUT2D eigenvalue weighted by Crippen LogP contribution is 2.02. The molecule has 0 aliphatic rings. The number of aromatic nitrogens is 1. The van der Waals surface area contributed by atoms with Crippen molar-refractivity contribution in [3.63, 3.8) is 0 Å². The van der Waals surface area contributed by atoms with Crippen LogP contribution in [-0.2, 0) is 17.9 Å². The molecule has 2 rings (SSSR count). The molecule has 0 saturated heterocycles. The second kappa shape index (κ2) is 8.15. The molecule has 0 aliphatic carbocycles. The van der Waals surface area contributed by atoms with Crippen LogP contribution in [0.4, 0.5) is 4.39 Å². The van der Waals surface area contributed by atoms with Crippen LogP contribution in [0.1, 0.15) is 24.8 Å². The molecule has 0 spiro atoms. The van der Waals surface area contributed by atoms with Crippen LogP contribution < -0.4 is 9.88 Å². The number of rotatable bonds is 7. The van der Waals surface area contributed by atoms with Gasteiger partial charge in [-0.25, -0.2) is 8.96 Å². The normalized spacial score (nSPS) is 10.3. The molecule has 1 heterocycles. The Labute approximate surface area is 124 Å². The van der Waals surface area contributed by atoms with Gasteiger partial charge in [-0.3, -0.25) is 4.79 Å². The highest BCUT2D eigenvalue weighted by atomic mass is 19.1. The Balaban J connectivity index is 1.60. The van der Waals surface area contributed by atoms with Gasteiger partial charge in [0.2, 0.25) is 5.91 Å². The van der Waals surface area contributed by atoms with Crippen LogP contribution in [0, 0.1) is 5.82 Å². The van der Waals surface area contributed by atoms with Crippen molar-refractivity contribution in [1.29, 1.82) is 0 Å². The lowest BCUT2D eigenvalue weighted by atomic mass is 10.2. The molecule has 21 heavy (non-hydrogen) atoms. The summed E-state index contributed by atoms with van der Waals surface area (Å²) in [7, 11) is 0. The first-order chi connectivity index (χ1) is 10.2. The first-order valence-electron chi connectivity index (χ1n) is 7.19. The summed E-state index contributed by atoms with van der Waals surface area (Å²) in [5.74, 6) is -0.221. The van der Waals surface area contributed by atoms with Crippen LogP contribution in [0.15, 0.2) is 54.9 Å². The molecule has 0 aliphatic heterocycles. The van der Waals surface area contributed by atoms with E-state index in [1.165, 1.54) is 12.1 Å². The van der Waals surface area contributed by atoms with E-state index in [0.29, 0.717) is 13.0 Å². The first-order valence-corrected chi connectivity index (χ1v) is 7.19. The van der Waals surface area contributed by atoms with Gasteiger partial charge in [0.15, 0.2) is 12.4 Å². The number of nitrogens with zero attached hydrogens (tertiary/aromatic N) is 1. The van der Waals surface area contributed by atoms with Gasteiger partial charge in [0.05, 0.1) is 0 Å². The van der Waals surface area contributed by atoms with Crippen LogP contribution >= 0.6 is 0 Å². The van der Waals surface area contributed by atoms with E-state index in [4.69, 9.17) is 0 Å². The summed E-state index contributed by atoms with van der Waals surface area (Å²) in [6.45, 7) is 1.37. The predicted molar refractivity (Wildman–Crippen MR) is 78.7 cm³/mol. The zero-order valence-electron chi connectivity index (χ0n) is 12.0. The third kappa shape index (κ3) is 5.73. The summed E-state index contributed by atoms with van der Waals surface area (Å²) in [6, 6.07) is 12.1. The van der Waals surface area contributed by atoms with Crippen LogP contribution in [0.5, 0.6) is 0 Å². The minimum Gasteiger partial charge on any atom is -0.352 e. The number of carbonyl (C=O) groups is 1. The number of pyridine rings is 1. The molecule has 3 nitrogen and oxygen atoms in total. The zero-order chi connectivity index (χ0) is 14.9. The Bertz CT molecular complexity index is 555. The molecule has 4 heteroatoms. The molecule has 0 bridgehead atoms. The van der Waals surface area contributed by atoms with Gasteiger partial charge >= 0.3 is 0 Å². The second-order valence-corrected chi connectivity index (χ2v) is 4.97. The maximum absolute atomic E-state index is 12.7. The van der Waals surface area contributed by atoms with Crippen molar-refractivity contribution in [2.24, 2.45) is 0 Å². The van der Waals surface area contributed by atoms with Gasteiger partial charge in [0.25, 0.3) is 0 Å². The second-order valence-electron chi connectivity index (χ2n) is 4.97. The molecular formula is C17H20FN2O+. The van der Waals surface area contributed by atoms with Crippen LogP contribution in [0.25, 0.3) is 0 Å². The van der Waals surface area contributed by atoms with Crippen LogP contribution in [0.3, 0.4) is 0 Å². The fourth-order valence-corrected chi connectivity index (χ4v) is 2.05. The molecule has 110 valence electrons. The Morgan fingerprint density at radius 1 is 1.05 bits per heavy atom. The predicted octanol–water partition coefficient (Wildman–Crippen LogP) is 2.60. The summed E-state index contributed by atoms with van der Waals surface area (Å²) in [5, 5.41) is 2.85. The summed E-state index contributed by atoms with van der Waals surface area (Å²) in [4.78, 5) is 11.7. The Morgan fingerprint density at radius 3 is 2.48 bits per heavy atom. The van der Waals surface area contributed by atoms with Crippen molar-refractivity contribution in [1.82, 2.24) is 5.32 Å². The van der Waals surface area contributed by atoms with Gasteiger partial charge in [0.1, 0.15) is 12.4 Å². The fraction of sp³-hybridized carbons (Fsp3) is 0.294. The van der Waals surface area contributed by atoms with E-state index >= 15 is 0 Å². The van der Waals surface area contributed by atoms with Gasteiger partial charge in [-0.2, -0.15) is 0 Å². The number of hydrogen-bond acceptors (Lipinski definition) is 1. The number of halogens is 1. The average Bonchev–Trinajstić information content (AvgIpc) is 2.52. The molecule has 0 atom stereocenters. The average molecular weight is 287 g/mol. The molecule has 2 aromatic rings. The van der Waals surface area contributed by atoms with Crippen molar-refractivity contribution in [2.45, 2.75) is 32.4 Å². The summed E-state index contributed by atoms with van der Waals surface area (Å²) in [5.41, 5.74) is 0.907. The third-order valence-electron chi connectivity index (χ3n) is 3.25. The van der Waals surface area contributed by atoms with Gasteiger partial charge < -0.3 is 5.32 Å². The van der Waals surface area contributed by atoms with Crippen molar-refractivity contribution < 1.29 is 13.8 Å². The number of aryl methyl sites for hydroxylation is 1. The van der Waals surface area contributed by atoms with E-state index in [9.17, 15) is 9.18 Å². The van der Waals surface area contributed by atoms with E-state index in [0.717, 1.165) is 24.9 Å².